The average Bonchev–Trinajstić information content (AvgIpc) is 2.22. The predicted octanol–water partition coefficient (Wildman–Crippen LogP) is 1.31. The summed E-state index contributed by atoms with van der Waals surface area (Å²) >= 11 is 0. The third kappa shape index (κ3) is 0.421. The first kappa shape index (κ1) is 3.78. The van der Waals surface area contributed by atoms with Gasteiger partial charge in [-0.2, -0.15) is 4.91 Å². The Morgan fingerprint density at radius 2 is 2.17 bits per heavy atom. The van der Waals surface area contributed by atoms with Gasteiger partial charge in [0.15, 0.2) is 0 Å². The summed E-state index contributed by atoms with van der Waals surface area (Å²) in [7, 11) is 0. The average molecular weight is 85.1 g/mol. The summed E-state index contributed by atoms with van der Waals surface area (Å²) in [6, 6.07) is 0. The Balaban J connectivity index is 2.47. The SMILES string of the molecule is CC1(N=O)CC1. The van der Waals surface area contributed by atoms with Gasteiger partial charge in [-0.3, -0.25) is 0 Å². The molecule has 0 radical (unpaired) electrons. The van der Waals surface area contributed by atoms with Crippen LogP contribution in [-0.2, 0) is 0 Å². The predicted molar refractivity (Wildman–Crippen MR) is 23.4 cm³/mol. The lowest BCUT2D eigenvalue weighted by Gasteiger charge is -1.84. The number of nitroso groups, excluding NO2 is 1. The van der Waals surface area contributed by atoms with Crippen LogP contribution in [0.1, 0.15) is 19.8 Å². The quantitative estimate of drug-likeness (QED) is 0.441. The molecule has 0 saturated heterocycles. The second kappa shape index (κ2) is 0.806. The molecule has 0 amide bonds. The van der Waals surface area contributed by atoms with Crippen molar-refractivity contribution in [2.75, 3.05) is 0 Å². The van der Waals surface area contributed by atoms with Crippen molar-refractivity contribution < 1.29 is 0 Å². The van der Waals surface area contributed by atoms with Gasteiger partial charge < -0.3 is 0 Å². The molecule has 6 heavy (non-hydrogen) atoms. The third-order valence-corrected chi connectivity index (χ3v) is 1.19. The third-order valence-electron chi connectivity index (χ3n) is 1.19. The Bertz CT molecular complexity index is 75.6. The first-order chi connectivity index (χ1) is 2.77. The molecule has 1 aliphatic carbocycles. The van der Waals surface area contributed by atoms with Gasteiger partial charge in [0.1, 0.15) is 5.54 Å². The van der Waals surface area contributed by atoms with Crippen molar-refractivity contribution in [3.05, 3.63) is 4.91 Å². The molecule has 0 unspecified atom stereocenters. The molecular weight excluding hydrogens is 78.0 g/mol. The van der Waals surface area contributed by atoms with E-state index in [2.05, 4.69) is 5.18 Å². The van der Waals surface area contributed by atoms with Crippen LogP contribution in [0.2, 0.25) is 0 Å². The molecule has 0 atom stereocenters. The zero-order chi connectivity index (χ0) is 4.62. The van der Waals surface area contributed by atoms with Crippen LogP contribution >= 0.6 is 0 Å². The molecule has 0 aliphatic heterocycles. The number of hydrogen-bond donors (Lipinski definition) is 0. The molecule has 0 bridgehead atoms. The van der Waals surface area contributed by atoms with Gasteiger partial charge in [0.25, 0.3) is 0 Å². The second-order valence-corrected chi connectivity index (χ2v) is 2.09. The summed E-state index contributed by atoms with van der Waals surface area (Å²) < 4.78 is 0. The van der Waals surface area contributed by atoms with E-state index in [4.69, 9.17) is 0 Å². The van der Waals surface area contributed by atoms with Crippen molar-refractivity contribution in [2.45, 2.75) is 25.3 Å². The minimum absolute atomic E-state index is 0.139. The van der Waals surface area contributed by atoms with Crippen molar-refractivity contribution in [3.63, 3.8) is 0 Å². The highest BCUT2D eigenvalue weighted by molar-refractivity contribution is 4.96. The van der Waals surface area contributed by atoms with Crippen molar-refractivity contribution in [1.82, 2.24) is 0 Å². The summed E-state index contributed by atoms with van der Waals surface area (Å²) in [6.45, 7) is 1.88. The van der Waals surface area contributed by atoms with Crippen LogP contribution in [0, 0.1) is 4.91 Å². The second-order valence-electron chi connectivity index (χ2n) is 2.09. The topological polar surface area (TPSA) is 29.4 Å². The standard InChI is InChI=1S/C4H7NO/c1-4(5-6)2-3-4/h2-3H2,1H3. The molecule has 0 aromatic carbocycles. The van der Waals surface area contributed by atoms with Gasteiger partial charge in [-0.1, -0.05) is 5.18 Å². The Morgan fingerprint density at radius 1 is 1.67 bits per heavy atom. The van der Waals surface area contributed by atoms with Gasteiger partial charge in [0.2, 0.25) is 0 Å². The van der Waals surface area contributed by atoms with Crippen LogP contribution in [0.15, 0.2) is 5.18 Å². The minimum Gasteiger partial charge on any atom is -0.150 e. The molecule has 1 rings (SSSR count). The monoisotopic (exact) mass is 85.1 g/mol. The van der Waals surface area contributed by atoms with Crippen LogP contribution in [0.4, 0.5) is 0 Å². The molecule has 0 aromatic heterocycles. The summed E-state index contributed by atoms with van der Waals surface area (Å²) in [5.74, 6) is 0. The largest absolute Gasteiger partial charge is 0.150 e. The maximum atomic E-state index is 9.64. The molecular formula is C4H7NO. The maximum absolute atomic E-state index is 9.64. The van der Waals surface area contributed by atoms with Crippen LogP contribution in [0.25, 0.3) is 0 Å². The summed E-state index contributed by atoms with van der Waals surface area (Å²) in [4.78, 5) is 9.64. The van der Waals surface area contributed by atoms with E-state index < -0.39 is 0 Å². The minimum atomic E-state index is -0.139. The van der Waals surface area contributed by atoms with Gasteiger partial charge in [0.05, 0.1) is 0 Å². The summed E-state index contributed by atoms with van der Waals surface area (Å²) in [5, 5.41) is 2.88. The Morgan fingerprint density at radius 3 is 2.17 bits per heavy atom. The zero-order valence-electron chi connectivity index (χ0n) is 3.77. The molecule has 1 saturated carbocycles. The molecule has 2 nitrogen and oxygen atoms in total. The Kier molecular flexibility index (Phi) is 0.508. The van der Waals surface area contributed by atoms with E-state index in [0.717, 1.165) is 12.8 Å². The van der Waals surface area contributed by atoms with Crippen molar-refractivity contribution >= 4 is 0 Å². The zero-order valence-corrected chi connectivity index (χ0v) is 3.77. The van der Waals surface area contributed by atoms with Crippen LogP contribution in [0.5, 0.6) is 0 Å². The molecule has 1 fully saturated rings. The van der Waals surface area contributed by atoms with E-state index in [1.54, 1.807) is 0 Å². The fourth-order valence-electron chi connectivity index (χ4n) is 0.272. The van der Waals surface area contributed by atoms with Crippen LogP contribution in [-0.4, -0.2) is 5.54 Å². The fraction of sp³-hybridized carbons (Fsp3) is 1.00. The molecule has 2 heteroatoms. The number of hydrogen-bond acceptors (Lipinski definition) is 2. The molecule has 0 N–H and O–H groups in total. The van der Waals surface area contributed by atoms with E-state index in [0.29, 0.717) is 0 Å². The van der Waals surface area contributed by atoms with Crippen LogP contribution in [0.3, 0.4) is 0 Å². The number of nitrogens with zero attached hydrogens (tertiary/aromatic N) is 1. The van der Waals surface area contributed by atoms with Crippen molar-refractivity contribution in [1.29, 1.82) is 0 Å². The van der Waals surface area contributed by atoms with Gasteiger partial charge in [-0.15, -0.1) is 0 Å². The highest BCUT2D eigenvalue weighted by Crippen LogP contribution is 2.38. The lowest BCUT2D eigenvalue weighted by Crippen LogP contribution is -1.90. The van der Waals surface area contributed by atoms with Gasteiger partial charge in [-0.25, -0.2) is 0 Å². The molecule has 0 aromatic rings. The van der Waals surface area contributed by atoms with Gasteiger partial charge >= 0.3 is 0 Å². The van der Waals surface area contributed by atoms with E-state index in [1.165, 1.54) is 0 Å². The van der Waals surface area contributed by atoms with E-state index in [1.807, 2.05) is 6.92 Å². The first-order valence-electron chi connectivity index (χ1n) is 2.11. The summed E-state index contributed by atoms with van der Waals surface area (Å²) in [5.41, 5.74) is -0.139. The van der Waals surface area contributed by atoms with E-state index in [9.17, 15) is 4.91 Å². The molecule has 1 aliphatic rings. The van der Waals surface area contributed by atoms with Crippen LogP contribution < -0.4 is 0 Å². The summed E-state index contributed by atoms with van der Waals surface area (Å²) in [6.07, 6.45) is 1.99. The van der Waals surface area contributed by atoms with E-state index in [-0.39, 0.29) is 5.54 Å². The van der Waals surface area contributed by atoms with Gasteiger partial charge in [0, 0.05) is 0 Å². The van der Waals surface area contributed by atoms with E-state index >= 15 is 0 Å². The highest BCUT2D eigenvalue weighted by atomic mass is 16.3. The molecule has 0 spiro atoms. The molecule has 0 heterocycles. The Hall–Kier alpha value is -0.400. The first-order valence-corrected chi connectivity index (χ1v) is 2.11. The van der Waals surface area contributed by atoms with Crippen molar-refractivity contribution in [3.8, 4) is 0 Å². The van der Waals surface area contributed by atoms with Crippen molar-refractivity contribution in [2.24, 2.45) is 5.18 Å². The lowest BCUT2D eigenvalue weighted by atomic mass is 10.4. The number of rotatable bonds is 1. The fourth-order valence-corrected chi connectivity index (χ4v) is 0.272. The lowest BCUT2D eigenvalue weighted by molar-refractivity contribution is 0.757. The normalized spacial score (nSPS) is 26.2. The smallest absolute Gasteiger partial charge is 0.100 e. The maximum Gasteiger partial charge on any atom is 0.100 e. The molecule has 34 valence electrons. The van der Waals surface area contributed by atoms with Gasteiger partial charge in [-0.05, 0) is 19.8 Å². The highest BCUT2D eigenvalue weighted by Gasteiger charge is 2.38. The Labute approximate surface area is 36.5 Å².